The Morgan fingerprint density at radius 2 is 1.84 bits per heavy atom. The van der Waals surface area contributed by atoms with Crippen LogP contribution in [0.1, 0.15) is 16.8 Å². The molecule has 1 aromatic heterocycles. The molecule has 0 atom stereocenters. The van der Waals surface area contributed by atoms with Crippen LogP contribution in [0.25, 0.3) is 11.0 Å². The van der Waals surface area contributed by atoms with Crippen LogP contribution in [0.3, 0.4) is 0 Å². The molecule has 1 N–H and O–H groups in total. The normalized spacial score (nSPS) is 10.6. The van der Waals surface area contributed by atoms with Gasteiger partial charge in [-0.25, -0.2) is 4.98 Å². The Kier molecular flexibility index (Phi) is 5.18. The molecule has 1 amide bonds. The van der Waals surface area contributed by atoms with Crippen LogP contribution in [0, 0.1) is 0 Å². The molecular formula is C19H21N3O3. The summed E-state index contributed by atoms with van der Waals surface area (Å²) in [5.74, 6) is 1.04. The van der Waals surface area contributed by atoms with Crippen molar-refractivity contribution in [2.75, 3.05) is 20.8 Å². The fourth-order valence-corrected chi connectivity index (χ4v) is 2.68. The first kappa shape index (κ1) is 16.8. The highest BCUT2D eigenvalue weighted by atomic mass is 16.5. The monoisotopic (exact) mass is 339 g/mol. The van der Waals surface area contributed by atoms with E-state index in [9.17, 15) is 4.79 Å². The highest BCUT2D eigenvalue weighted by Gasteiger charge is 2.09. The zero-order chi connectivity index (χ0) is 17.6. The molecule has 1 heterocycles. The lowest BCUT2D eigenvalue weighted by molar-refractivity contribution is 0.0952. The van der Waals surface area contributed by atoms with Gasteiger partial charge in [-0.05, 0) is 30.7 Å². The van der Waals surface area contributed by atoms with Crippen molar-refractivity contribution in [1.29, 1.82) is 0 Å². The molecule has 0 aliphatic heterocycles. The topological polar surface area (TPSA) is 65.4 Å². The van der Waals surface area contributed by atoms with Crippen molar-refractivity contribution in [1.82, 2.24) is 14.9 Å². The molecule has 0 radical (unpaired) electrons. The highest BCUT2D eigenvalue weighted by molar-refractivity contribution is 5.95. The summed E-state index contributed by atoms with van der Waals surface area (Å²) < 4.78 is 12.5. The summed E-state index contributed by atoms with van der Waals surface area (Å²) >= 11 is 0. The van der Waals surface area contributed by atoms with Gasteiger partial charge in [0.25, 0.3) is 5.91 Å². The summed E-state index contributed by atoms with van der Waals surface area (Å²) in [4.78, 5) is 16.7. The van der Waals surface area contributed by atoms with Crippen LogP contribution in [-0.4, -0.2) is 36.2 Å². The number of benzene rings is 2. The number of rotatable bonds is 7. The number of aryl methyl sites for hydroxylation is 1. The highest BCUT2D eigenvalue weighted by Crippen LogP contribution is 2.22. The Bertz CT molecular complexity index is 851. The predicted octanol–water partition coefficient (Wildman–Crippen LogP) is 2.87. The number of carbonyl (C=O) groups is 1. The number of carbonyl (C=O) groups excluding carboxylic acids is 1. The van der Waals surface area contributed by atoms with E-state index in [1.165, 1.54) is 0 Å². The summed E-state index contributed by atoms with van der Waals surface area (Å²) in [5, 5.41) is 2.93. The molecule has 3 aromatic rings. The number of hydrogen-bond donors (Lipinski definition) is 1. The van der Waals surface area contributed by atoms with E-state index >= 15 is 0 Å². The molecule has 0 fully saturated rings. The molecular weight excluding hydrogens is 318 g/mol. The Balaban J connectivity index is 1.56. The van der Waals surface area contributed by atoms with E-state index in [2.05, 4.69) is 14.9 Å². The first-order valence-electron chi connectivity index (χ1n) is 8.12. The zero-order valence-electron chi connectivity index (χ0n) is 14.4. The van der Waals surface area contributed by atoms with E-state index in [1.54, 1.807) is 32.4 Å². The Morgan fingerprint density at radius 3 is 2.56 bits per heavy atom. The van der Waals surface area contributed by atoms with Gasteiger partial charge in [0, 0.05) is 24.7 Å². The zero-order valence-corrected chi connectivity index (χ0v) is 14.4. The van der Waals surface area contributed by atoms with E-state index in [-0.39, 0.29) is 5.91 Å². The molecule has 25 heavy (non-hydrogen) atoms. The lowest BCUT2D eigenvalue weighted by Crippen LogP contribution is -2.25. The number of imidazole rings is 1. The Labute approximate surface area is 146 Å². The molecule has 0 bridgehead atoms. The van der Waals surface area contributed by atoms with Gasteiger partial charge in [0.1, 0.15) is 11.5 Å². The van der Waals surface area contributed by atoms with Crippen LogP contribution >= 0.6 is 0 Å². The average molecular weight is 339 g/mol. The van der Waals surface area contributed by atoms with Crippen molar-refractivity contribution in [2.45, 2.75) is 13.0 Å². The lowest BCUT2D eigenvalue weighted by Gasteiger charge is -2.09. The fourth-order valence-electron chi connectivity index (χ4n) is 2.68. The number of amides is 1. The van der Waals surface area contributed by atoms with Gasteiger partial charge in [0.2, 0.25) is 0 Å². The van der Waals surface area contributed by atoms with Crippen LogP contribution in [0.15, 0.2) is 48.8 Å². The second-order valence-corrected chi connectivity index (χ2v) is 5.64. The number of methoxy groups -OCH3 is 2. The van der Waals surface area contributed by atoms with Gasteiger partial charge in [-0.15, -0.1) is 0 Å². The Morgan fingerprint density at radius 1 is 1.12 bits per heavy atom. The molecule has 130 valence electrons. The Hall–Kier alpha value is -3.02. The fraction of sp³-hybridized carbons (Fsp3) is 0.263. The molecule has 6 heteroatoms. The lowest BCUT2D eigenvalue weighted by atomic mass is 10.2. The SMILES string of the molecule is COc1cc(OC)cc(C(=O)NCCCn2cnc3ccccc32)c1. The summed E-state index contributed by atoms with van der Waals surface area (Å²) in [6, 6.07) is 13.1. The third-order valence-electron chi connectivity index (χ3n) is 4.00. The van der Waals surface area contributed by atoms with E-state index in [0.29, 0.717) is 23.6 Å². The molecule has 0 saturated carbocycles. The van der Waals surface area contributed by atoms with E-state index < -0.39 is 0 Å². The molecule has 0 aliphatic carbocycles. The van der Waals surface area contributed by atoms with Crippen molar-refractivity contribution >= 4 is 16.9 Å². The second kappa shape index (κ2) is 7.70. The minimum absolute atomic E-state index is 0.146. The largest absolute Gasteiger partial charge is 0.497 e. The average Bonchev–Trinajstić information content (AvgIpc) is 3.07. The quantitative estimate of drug-likeness (QED) is 0.672. The first-order chi connectivity index (χ1) is 12.2. The number of nitrogens with zero attached hydrogens (tertiary/aromatic N) is 2. The third-order valence-corrected chi connectivity index (χ3v) is 4.00. The summed E-state index contributed by atoms with van der Waals surface area (Å²) in [7, 11) is 3.12. The van der Waals surface area contributed by atoms with Crippen LogP contribution in [0.2, 0.25) is 0 Å². The van der Waals surface area contributed by atoms with Gasteiger partial charge >= 0.3 is 0 Å². The van der Waals surface area contributed by atoms with E-state index in [4.69, 9.17) is 9.47 Å². The van der Waals surface area contributed by atoms with Crippen LogP contribution in [-0.2, 0) is 6.54 Å². The number of aromatic nitrogens is 2. The van der Waals surface area contributed by atoms with Gasteiger partial charge in [0.05, 0.1) is 31.6 Å². The minimum Gasteiger partial charge on any atom is -0.497 e. The van der Waals surface area contributed by atoms with Crippen LogP contribution in [0.5, 0.6) is 11.5 Å². The minimum atomic E-state index is -0.146. The van der Waals surface area contributed by atoms with Crippen molar-refractivity contribution < 1.29 is 14.3 Å². The summed E-state index contributed by atoms with van der Waals surface area (Å²) in [6.45, 7) is 1.37. The first-order valence-corrected chi connectivity index (χ1v) is 8.12. The van der Waals surface area contributed by atoms with Crippen molar-refractivity contribution in [3.05, 3.63) is 54.4 Å². The smallest absolute Gasteiger partial charge is 0.251 e. The number of fused-ring (bicyclic) bond motifs is 1. The van der Waals surface area contributed by atoms with Crippen molar-refractivity contribution in [3.63, 3.8) is 0 Å². The van der Waals surface area contributed by atoms with Crippen molar-refractivity contribution in [3.8, 4) is 11.5 Å². The van der Waals surface area contributed by atoms with Crippen LogP contribution < -0.4 is 14.8 Å². The van der Waals surface area contributed by atoms with Crippen LogP contribution in [0.4, 0.5) is 0 Å². The molecule has 0 saturated heterocycles. The standard InChI is InChI=1S/C19H21N3O3/c1-24-15-10-14(11-16(12-15)25-2)19(23)20-8-5-9-22-13-21-17-6-3-4-7-18(17)22/h3-4,6-7,10-13H,5,8-9H2,1-2H3,(H,20,23). The maximum Gasteiger partial charge on any atom is 0.251 e. The number of hydrogen-bond acceptors (Lipinski definition) is 4. The molecule has 0 aliphatic rings. The van der Waals surface area contributed by atoms with Gasteiger partial charge < -0.3 is 19.4 Å². The second-order valence-electron chi connectivity index (χ2n) is 5.64. The number of ether oxygens (including phenoxy) is 2. The summed E-state index contributed by atoms with van der Waals surface area (Å²) in [6.07, 6.45) is 2.65. The number of para-hydroxylation sites is 2. The molecule has 6 nitrogen and oxygen atoms in total. The maximum atomic E-state index is 12.3. The molecule has 3 rings (SSSR count). The van der Waals surface area contributed by atoms with Gasteiger partial charge in [0.15, 0.2) is 0 Å². The van der Waals surface area contributed by atoms with Crippen molar-refractivity contribution in [2.24, 2.45) is 0 Å². The van der Waals surface area contributed by atoms with Gasteiger partial charge in [-0.1, -0.05) is 12.1 Å². The van der Waals surface area contributed by atoms with E-state index in [1.807, 2.05) is 30.6 Å². The maximum absolute atomic E-state index is 12.3. The molecule has 0 spiro atoms. The predicted molar refractivity (Wildman–Crippen MR) is 96.2 cm³/mol. The summed E-state index contributed by atoms with van der Waals surface area (Å²) in [5.41, 5.74) is 2.60. The van der Waals surface area contributed by atoms with Gasteiger partial charge in [-0.2, -0.15) is 0 Å². The number of nitrogens with one attached hydrogen (secondary N) is 1. The third kappa shape index (κ3) is 3.91. The molecule has 0 unspecified atom stereocenters. The molecule has 2 aromatic carbocycles. The van der Waals surface area contributed by atoms with Gasteiger partial charge in [-0.3, -0.25) is 4.79 Å². The van der Waals surface area contributed by atoms with E-state index in [0.717, 1.165) is 24.0 Å².